The molecule has 1 aliphatic heterocycles. The van der Waals surface area contributed by atoms with Crippen LogP contribution in [0.4, 0.5) is 0 Å². The molecule has 1 aliphatic rings. The van der Waals surface area contributed by atoms with Crippen molar-refractivity contribution in [2.75, 3.05) is 13.1 Å². The third-order valence-corrected chi connectivity index (χ3v) is 5.07. The van der Waals surface area contributed by atoms with Crippen molar-refractivity contribution < 1.29 is 14.4 Å². The number of benzene rings is 2. The van der Waals surface area contributed by atoms with Crippen LogP contribution in [0.15, 0.2) is 53.0 Å². The summed E-state index contributed by atoms with van der Waals surface area (Å²) in [5, 5.41) is 5.41. The number of carbonyl (C=O) groups is 3. The van der Waals surface area contributed by atoms with Crippen molar-refractivity contribution in [1.82, 2.24) is 15.5 Å². The van der Waals surface area contributed by atoms with E-state index in [1.165, 1.54) is 0 Å². The van der Waals surface area contributed by atoms with Gasteiger partial charge in [0.2, 0.25) is 11.8 Å². The molecule has 0 unspecified atom stereocenters. The Kier molecular flexibility index (Phi) is 6.81. The van der Waals surface area contributed by atoms with Crippen molar-refractivity contribution in [3.63, 3.8) is 0 Å². The molecule has 0 spiro atoms. The Morgan fingerprint density at radius 2 is 1.79 bits per heavy atom. The minimum Gasteiger partial charge on any atom is -0.350 e. The van der Waals surface area contributed by atoms with Crippen molar-refractivity contribution >= 4 is 33.7 Å². The van der Waals surface area contributed by atoms with E-state index >= 15 is 0 Å². The molecule has 2 N–H and O–H groups in total. The van der Waals surface area contributed by atoms with E-state index in [9.17, 15) is 14.4 Å². The summed E-state index contributed by atoms with van der Waals surface area (Å²) in [6.07, 6.45) is 1.54. The number of hydrogen-bond acceptors (Lipinski definition) is 3. The zero-order valence-corrected chi connectivity index (χ0v) is 17.0. The van der Waals surface area contributed by atoms with Gasteiger partial charge in [-0.25, -0.2) is 0 Å². The first-order chi connectivity index (χ1) is 13.5. The summed E-state index contributed by atoms with van der Waals surface area (Å²) >= 11 is 3.32. The highest BCUT2D eigenvalue weighted by Crippen LogP contribution is 2.15. The van der Waals surface area contributed by atoms with Crippen molar-refractivity contribution in [3.8, 4) is 0 Å². The Morgan fingerprint density at radius 3 is 2.50 bits per heavy atom. The number of hydrogen-bond donors (Lipinski definition) is 2. The van der Waals surface area contributed by atoms with E-state index in [1.54, 1.807) is 24.3 Å². The Labute approximate surface area is 172 Å². The fourth-order valence-corrected chi connectivity index (χ4v) is 3.32. The monoisotopic (exact) mass is 443 g/mol. The van der Waals surface area contributed by atoms with Crippen LogP contribution >= 0.6 is 15.9 Å². The molecular formula is C21H22BrN3O3. The van der Waals surface area contributed by atoms with Gasteiger partial charge in [0, 0.05) is 36.1 Å². The van der Waals surface area contributed by atoms with Gasteiger partial charge in [0.15, 0.2) is 0 Å². The van der Waals surface area contributed by atoms with Crippen LogP contribution in [0.2, 0.25) is 0 Å². The number of nitrogens with one attached hydrogen (secondary N) is 2. The Bertz CT molecular complexity index is 867. The zero-order valence-electron chi connectivity index (χ0n) is 15.4. The van der Waals surface area contributed by atoms with E-state index in [0.717, 1.165) is 28.6 Å². The zero-order chi connectivity index (χ0) is 19.9. The molecule has 28 heavy (non-hydrogen) atoms. The molecule has 1 fully saturated rings. The maximum absolute atomic E-state index is 12.0. The lowest BCUT2D eigenvalue weighted by molar-refractivity contribution is -0.128. The van der Waals surface area contributed by atoms with Crippen LogP contribution in [0.1, 0.15) is 34.3 Å². The van der Waals surface area contributed by atoms with Crippen molar-refractivity contribution in [2.24, 2.45) is 0 Å². The molecule has 2 aromatic rings. The molecule has 3 rings (SSSR count). The number of carbonyl (C=O) groups excluding carboxylic acids is 3. The van der Waals surface area contributed by atoms with Gasteiger partial charge in [-0.3, -0.25) is 14.4 Å². The molecule has 6 nitrogen and oxygen atoms in total. The predicted octanol–water partition coefficient (Wildman–Crippen LogP) is 2.62. The van der Waals surface area contributed by atoms with Gasteiger partial charge in [-0.2, -0.15) is 0 Å². The topological polar surface area (TPSA) is 78.5 Å². The van der Waals surface area contributed by atoms with Gasteiger partial charge in [0.1, 0.15) is 0 Å². The van der Waals surface area contributed by atoms with Crippen LogP contribution in [0.3, 0.4) is 0 Å². The van der Waals surface area contributed by atoms with E-state index in [1.807, 2.05) is 29.2 Å². The van der Waals surface area contributed by atoms with Gasteiger partial charge >= 0.3 is 0 Å². The lowest BCUT2D eigenvalue weighted by Gasteiger charge is -2.16. The van der Waals surface area contributed by atoms with Crippen LogP contribution < -0.4 is 10.6 Å². The molecule has 7 heteroatoms. The molecular weight excluding hydrogens is 422 g/mol. The minimum atomic E-state index is -0.292. The molecule has 0 aliphatic carbocycles. The summed E-state index contributed by atoms with van der Waals surface area (Å²) in [5.41, 5.74) is 2.50. The number of amides is 3. The molecule has 0 saturated carbocycles. The average molecular weight is 444 g/mol. The summed E-state index contributed by atoms with van der Waals surface area (Å²) in [6.45, 7) is 1.69. The molecule has 0 aromatic heterocycles. The molecule has 1 heterocycles. The van der Waals surface area contributed by atoms with Crippen LogP contribution in [-0.4, -0.2) is 35.7 Å². The van der Waals surface area contributed by atoms with Crippen LogP contribution in [-0.2, 0) is 22.7 Å². The largest absolute Gasteiger partial charge is 0.350 e. The first-order valence-corrected chi connectivity index (χ1v) is 9.96. The SMILES string of the molecule is O=C(CNC(=O)c1ccc(Br)cc1)NCc1cccc(CN2CCCC2=O)c1. The number of nitrogens with zero attached hydrogens (tertiary/aromatic N) is 1. The van der Waals surface area contributed by atoms with E-state index in [4.69, 9.17) is 0 Å². The maximum atomic E-state index is 12.0. The smallest absolute Gasteiger partial charge is 0.251 e. The molecule has 0 atom stereocenters. The van der Waals surface area contributed by atoms with Gasteiger partial charge in [-0.05, 0) is 41.8 Å². The van der Waals surface area contributed by atoms with E-state index in [2.05, 4.69) is 26.6 Å². The first-order valence-electron chi connectivity index (χ1n) is 9.17. The second-order valence-corrected chi connectivity index (χ2v) is 7.62. The van der Waals surface area contributed by atoms with Gasteiger partial charge in [-0.15, -0.1) is 0 Å². The highest BCUT2D eigenvalue weighted by molar-refractivity contribution is 9.10. The summed E-state index contributed by atoms with van der Waals surface area (Å²) in [7, 11) is 0. The van der Waals surface area contributed by atoms with E-state index in [-0.39, 0.29) is 24.3 Å². The molecule has 0 radical (unpaired) electrons. The normalized spacial score (nSPS) is 13.5. The summed E-state index contributed by atoms with van der Waals surface area (Å²) < 4.78 is 0.887. The molecule has 2 aromatic carbocycles. The summed E-state index contributed by atoms with van der Waals surface area (Å²) in [6, 6.07) is 14.8. The quantitative estimate of drug-likeness (QED) is 0.690. The fourth-order valence-electron chi connectivity index (χ4n) is 3.06. The lowest BCUT2D eigenvalue weighted by atomic mass is 10.1. The second-order valence-electron chi connectivity index (χ2n) is 6.71. The predicted molar refractivity (Wildman–Crippen MR) is 109 cm³/mol. The Morgan fingerprint density at radius 1 is 1.04 bits per heavy atom. The van der Waals surface area contributed by atoms with Gasteiger partial charge < -0.3 is 15.5 Å². The Hall–Kier alpha value is -2.67. The number of halogens is 1. The van der Waals surface area contributed by atoms with E-state index in [0.29, 0.717) is 25.1 Å². The highest BCUT2D eigenvalue weighted by Gasteiger charge is 2.19. The highest BCUT2D eigenvalue weighted by atomic mass is 79.9. The Balaban J connectivity index is 1.45. The third-order valence-electron chi connectivity index (χ3n) is 4.54. The third kappa shape index (κ3) is 5.66. The minimum absolute atomic E-state index is 0.0864. The first kappa shape index (κ1) is 20.1. The molecule has 3 amide bonds. The lowest BCUT2D eigenvalue weighted by Crippen LogP contribution is -2.36. The summed E-state index contributed by atoms with van der Waals surface area (Å²) in [5.74, 6) is -0.356. The summed E-state index contributed by atoms with van der Waals surface area (Å²) in [4.78, 5) is 37.7. The standard InChI is InChI=1S/C21H22BrN3O3/c22-18-8-6-17(7-9-18)21(28)24-13-19(26)23-12-15-3-1-4-16(11-15)14-25-10-2-5-20(25)27/h1,3-4,6-9,11H,2,5,10,12-14H2,(H,23,26)(H,24,28). The van der Waals surface area contributed by atoms with E-state index < -0.39 is 0 Å². The van der Waals surface area contributed by atoms with Gasteiger partial charge in [0.25, 0.3) is 5.91 Å². The molecule has 1 saturated heterocycles. The van der Waals surface area contributed by atoms with Crippen molar-refractivity contribution in [3.05, 3.63) is 69.7 Å². The maximum Gasteiger partial charge on any atom is 0.251 e. The van der Waals surface area contributed by atoms with Gasteiger partial charge in [0.05, 0.1) is 6.54 Å². The molecule has 0 bridgehead atoms. The number of rotatable bonds is 7. The average Bonchev–Trinajstić information content (AvgIpc) is 3.10. The van der Waals surface area contributed by atoms with Crippen LogP contribution in [0.5, 0.6) is 0 Å². The number of likely N-dealkylation sites (tertiary alicyclic amines) is 1. The van der Waals surface area contributed by atoms with Crippen LogP contribution in [0, 0.1) is 0 Å². The fraction of sp³-hybridized carbons (Fsp3) is 0.286. The molecule has 146 valence electrons. The van der Waals surface area contributed by atoms with Crippen LogP contribution in [0.25, 0.3) is 0 Å². The second kappa shape index (κ2) is 9.50. The van der Waals surface area contributed by atoms with Crippen molar-refractivity contribution in [1.29, 1.82) is 0 Å². The van der Waals surface area contributed by atoms with Crippen molar-refractivity contribution in [2.45, 2.75) is 25.9 Å². The van der Waals surface area contributed by atoms with Gasteiger partial charge in [-0.1, -0.05) is 40.2 Å².